The monoisotopic (exact) mass is 367 g/mol. The zero-order valence-electron chi connectivity index (χ0n) is 15.3. The fourth-order valence-corrected chi connectivity index (χ4v) is 3.41. The minimum atomic E-state index is -0.444. The lowest BCUT2D eigenvalue weighted by Crippen LogP contribution is -2.36. The van der Waals surface area contributed by atoms with Crippen molar-refractivity contribution >= 4 is 22.6 Å². The summed E-state index contributed by atoms with van der Waals surface area (Å²) in [6.45, 7) is 2.75. The maximum Gasteiger partial charge on any atom is 0.222 e. The van der Waals surface area contributed by atoms with Gasteiger partial charge in [-0.05, 0) is 12.1 Å². The van der Waals surface area contributed by atoms with Gasteiger partial charge in [0, 0.05) is 57.7 Å². The van der Waals surface area contributed by atoms with Crippen LogP contribution in [-0.2, 0) is 19.9 Å². The molecule has 0 radical (unpaired) electrons. The highest BCUT2D eigenvalue weighted by Gasteiger charge is 2.36. The quantitative estimate of drug-likeness (QED) is 0.761. The van der Waals surface area contributed by atoms with Crippen molar-refractivity contribution in [3.05, 3.63) is 42.4 Å². The van der Waals surface area contributed by atoms with Gasteiger partial charge >= 0.3 is 0 Å². The molecule has 0 atom stereocenters. The van der Waals surface area contributed by atoms with Crippen LogP contribution in [0.25, 0.3) is 16.7 Å². The van der Waals surface area contributed by atoms with Crippen LogP contribution in [0.2, 0.25) is 0 Å². The maximum atomic E-state index is 11.3. The van der Waals surface area contributed by atoms with Crippen molar-refractivity contribution in [3.8, 4) is 5.82 Å². The first-order chi connectivity index (χ1) is 13.1. The molecule has 0 aliphatic carbocycles. The first-order valence-electron chi connectivity index (χ1n) is 8.83. The third kappa shape index (κ3) is 3.29. The lowest BCUT2D eigenvalue weighted by molar-refractivity contribution is -0.114. The van der Waals surface area contributed by atoms with Crippen molar-refractivity contribution < 1.29 is 14.3 Å². The summed E-state index contributed by atoms with van der Waals surface area (Å²) in [5.41, 5.74) is 1.24. The average molecular weight is 367 g/mol. The Morgan fingerprint density at radius 1 is 1.30 bits per heavy atom. The molecule has 0 aromatic carbocycles. The summed E-state index contributed by atoms with van der Waals surface area (Å²) < 4.78 is 13.1. The van der Waals surface area contributed by atoms with Gasteiger partial charge in [-0.3, -0.25) is 4.79 Å². The minimum Gasteiger partial charge on any atom is -0.381 e. The minimum absolute atomic E-state index is 0.172. The van der Waals surface area contributed by atoms with Gasteiger partial charge in [-0.2, -0.15) is 5.10 Å². The Kier molecular flexibility index (Phi) is 4.59. The average Bonchev–Trinajstić information content (AvgIpc) is 3.11. The van der Waals surface area contributed by atoms with Gasteiger partial charge in [0.2, 0.25) is 5.91 Å². The van der Waals surface area contributed by atoms with Gasteiger partial charge in [0.05, 0.1) is 17.4 Å². The second-order valence-electron chi connectivity index (χ2n) is 6.56. The number of rotatable bonds is 4. The van der Waals surface area contributed by atoms with Crippen LogP contribution in [0.3, 0.4) is 0 Å². The molecule has 140 valence electrons. The second-order valence-corrected chi connectivity index (χ2v) is 6.56. The number of carbonyl (C=O) groups is 1. The molecule has 3 aromatic rings. The Bertz CT molecular complexity index is 978. The molecule has 3 aromatic heterocycles. The molecule has 1 N–H and O–H groups in total. The summed E-state index contributed by atoms with van der Waals surface area (Å²) in [7, 11) is 1.72. The molecule has 0 spiro atoms. The number of pyridine rings is 2. The fourth-order valence-electron chi connectivity index (χ4n) is 3.41. The van der Waals surface area contributed by atoms with Crippen LogP contribution in [0.15, 0.2) is 36.7 Å². The molecule has 4 heterocycles. The molecule has 1 amide bonds. The summed E-state index contributed by atoms with van der Waals surface area (Å²) in [6, 6.07) is 7.63. The van der Waals surface area contributed by atoms with Crippen molar-refractivity contribution in [2.45, 2.75) is 25.4 Å². The molecule has 1 aliphatic rings. The van der Waals surface area contributed by atoms with Crippen molar-refractivity contribution in [2.24, 2.45) is 0 Å². The Hall–Kier alpha value is -2.84. The summed E-state index contributed by atoms with van der Waals surface area (Å²) in [4.78, 5) is 20.4. The first kappa shape index (κ1) is 17.6. The van der Waals surface area contributed by atoms with E-state index in [1.165, 1.54) is 6.92 Å². The van der Waals surface area contributed by atoms with Gasteiger partial charge in [0.15, 0.2) is 5.82 Å². The predicted octanol–water partition coefficient (Wildman–Crippen LogP) is 2.43. The first-order valence-corrected chi connectivity index (χ1v) is 8.83. The molecular weight excluding hydrogens is 346 g/mol. The van der Waals surface area contributed by atoms with Gasteiger partial charge in [0.1, 0.15) is 11.4 Å². The largest absolute Gasteiger partial charge is 0.381 e. The van der Waals surface area contributed by atoms with E-state index in [0.29, 0.717) is 24.8 Å². The molecule has 1 saturated heterocycles. The van der Waals surface area contributed by atoms with Gasteiger partial charge < -0.3 is 14.8 Å². The SMILES string of the molecule is COC1(c2cccc(-n3ncc4cnc(NC(C)=O)cc43)n2)CCOCC1. The van der Waals surface area contributed by atoms with Crippen molar-refractivity contribution in [3.63, 3.8) is 0 Å². The highest BCUT2D eigenvalue weighted by atomic mass is 16.5. The Morgan fingerprint density at radius 2 is 2.11 bits per heavy atom. The molecule has 1 fully saturated rings. The van der Waals surface area contributed by atoms with Crippen LogP contribution in [0.5, 0.6) is 0 Å². The third-order valence-corrected chi connectivity index (χ3v) is 4.87. The third-order valence-electron chi connectivity index (χ3n) is 4.87. The number of nitrogens with one attached hydrogen (secondary N) is 1. The van der Waals surface area contributed by atoms with E-state index in [2.05, 4.69) is 15.4 Å². The van der Waals surface area contributed by atoms with E-state index in [1.54, 1.807) is 30.3 Å². The standard InChI is InChI=1S/C19H21N5O3/c1-13(25)22-17-10-15-14(11-20-17)12-21-24(15)18-5-3-4-16(23-18)19(26-2)6-8-27-9-7-19/h3-5,10-12H,6-9H2,1-2H3,(H,20,22,25). The number of methoxy groups -OCH3 is 1. The zero-order chi connectivity index (χ0) is 18.9. The van der Waals surface area contributed by atoms with Crippen molar-refractivity contribution in [1.29, 1.82) is 0 Å². The van der Waals surface area contributed by atoms with E-state index >= 15 is 0 Å². The Labute approximate surface area is 156 Å². The Morgan fingerprint density at radius 3 is 2.85 bits per heavy atom. The van der Waals surface area contributed by atoms with Crippen LogP contribution in [0, 0.1) is 0 Å². The van der Waals surface area contributed by atoms with E-state index in [9.17, 15) is 4.79 Å². The van der Waals surface area contributed by atoms with Crippen LogP contribution >= 0.6 is 0 Å². The van der Waals surface area contributed by atoms with Crippen LogP contribution in [0.1, 0.15) is 25.5 Å². The molecule has 0 saturated carbocycles. The molecule has 0 unspecified atom stereocenters. The van der Waals surface area contributed by atoms with E-state index in [1.807, 2.05) is 18.2 Å². The lowest BCUT2D eigenvalue weighted by Gasteiger charge is -2.35. The lowest BCUT2D eigenvalue weighted by atomic mass is 9.90. The normalized spacial score (nSPS) is 16.4. The van der Waals surface area contributed by atoms with Gasteiger partial charge in [-0.1, -0.05) is 6.07 Å². The summed E-state index contributed by atoms with van der Waals surface area (Å²) >= 11 is 0. The number of ether oxygens (including phenoxy) is 2. The van der Waals surface area contributed by atoms with Gasteiger partial charge in [-0.15, -0.1) is 0 Å². The topological polar surface area (TPSA) is 91.2 Å². The van der Waals surface area contributed by atoms with Crippen LogP contribution in [0.4, 0.5) is 5.82 Å². The van der Waals surface area contributed by atoms with E-state index < -0.39 is 5.60 Å². The molecule has 1 aliphatic heterocycles. The number of amides is 1. The smallest absolute Gasteiger partial charge is 0.222 e. The van der Waals surface area contributed by atoms with Gasteiger partial charge in [-0.25, -0.2) is 14.6 Å². The molecule has 8 heteroatoms. The second kappa shape index (κ2) is 7.05. The van der Waals surface area contributed by atoms with Crippen LogP contribution < -0.4 is 5.32 Å². The number of anilines is 1. The number of carbonyl (C=O) groups excluding carboxylic acids is 1. The molecular formula is C19H21N5O3. The highest BCUT2D eigenvalue weighted by Crippen LogP contribution is 2.34. The number of hydrogen-bond acceptors (Lipinski definition) is 6. The van der Waals surface area contributed by atoms with Crippen LogP contribution in [-0.4, -0.2) is 46.0 Å². The highest BCUT2D eigenvalue weighted by molar-refractivity contribution is 5.90. The number of aromatic nitrogens is 4. The van der Waals surface area contributed by atoms with Gasteiger partial charge in [0.25, 0.3) is 0 Å². The summed E-state index contributed by atoms with van der Waals surface area (Å²) in [5.74, 6) is 0.991. The van der Waals surface area contributed by atoms with Crippen molar-refractivity contribution in [2.75, 3.05) is 25.6 Å². The number of fused-ring (bicyclic) bond motifs is 1. The molecule has 4 rings (SSSR count). The molecule has 8 nitrogen and oxygen atoms in total. The number of nitrogens with zero attached hydrogens (tertiary/aromatic N) is 4. The van der Waals surface area contributed by atoms with E-state index in [-0.39, 0.29) is 5.91 Å². The predicted molar refractivity (Wildman–Crippen MR) is 99.7 cm³/mol. The number of hydrogen-bond donors (Lipinski definition) is 1. The Balaban J connectivity index is 1.76. The maximum absolute atomic E-state index is 11.3. The fraction of sp³-hybridized carbons (Fsp3) is 0.368. The van der Waals surface area contributed by atoms with Crippen molar-refractivity contribution in [1.82, 2.24) is 19.7 Å². The molecule has 0 bridgehead atoms. The van der Waals surface area contributed by atoms with E-state index in [0.717, 1.165) is 29.4 Å². The summed E-state index contributed by atoms with van der Waals surface area (Å²) in [5, 5.41) is 8.02. The van der Waals surface area contributed by atoms with E-state index in [4.69, 9.17) is 14.5 Å². The molecule has 27 heavy (non-hydrogen) atoms. The summed E-state index contributed by atoms with van der Waals surface area (Å²) in [6.07, 6.45) is 4.94. The zero-order valence-corrected chi connectivity index (χ0v) is 15.3.